The fourth-order valence-electron chi connectivity index (χ4n) is 3.41. The van der Waals surface area contributed by atoms with E-state index in [9.17, 15) is 9.59 Å². The lowest BCUT2D eigenvalue weighted by Gasteiger charge is -2.32. The second-order valence-electron chi connectivity index (χ2n) is 7.29. The van der Waals surface area contributed by atoms with Crippen molar-refractivity contribution < 1.29 is 14.3 Å². The Labute approximate surface area is 163 Å². The Bertz CT molecular complexity index is 676. The van der Waals surface area contributed by atoms with E-state index in [1.165, 1.54) is 0 Å². The van der Waals surface area contributed by atoms with Gasteiger partial charge in [-0.05, 0) is 44.4 Å². The molecular weight excluding hydrogens is 340 g/mol. The summed E-state index contributed by atoms with van der Waals surface area (Å²) in [7, 11) is 3.51. The lowest BCUT2D eigenvalue weighted by Crippen LogP contribution is -2.43. The van der Waals surface area contributed by atoms with Gasteiger partial charge in [-0.3, -0.25) is 9.59 Å². The van der Waals surface area contributed by atoms with Gasteiger partial charge >= 0.3 is 0 Å². The SMILES string of the molecule is CCCCN(C)C(=O)C1CCN(C(=O)C=Cc2cc(C)ccc2OC)CC1. The summed E-state index contributed by atoms with van der Waals surface area (Å²) in [6.07, 6.45) is 7.01. The van der Waals surface area contributed by atoms with Crippen LogP contribution in [0.25, 0.3) is 6.08 Å². The summed E-state index contributed by atoms with van der Waals surface area (Å²) in [6.45, 7) is 6.22. The first-order valence-corrected chi connectivity index (χ1v) is 9.82. The summed E-state index contributed by atoms with van der Waals surface area (Å²) in [6, 6.07) is 5.89. The average Bonchev–Trinajstić information content (AvgIpc) is 2.69. The van der Waals surface area contributed by atoms with Crippen LogP contribution >= 0.6 is 0 Å². The van der Waals surface area contributed by atoms with Crippen LogP contribution in [0.4, 0.5) is 0 Å². The smallest absolute Gasteiger partial charge is 0.246 e. The van der Waals surface area contributed by atoms with Gasteiger partial charge in [-0.25, -0.2) is 0 Å². The van der Waals surface area contributed by atoms with Crippen molar-refractivity contribution in [3.8, 4) is 5.75 Å². The topological polar surface area (TPSA) is 49.9 Å². The third-order valence-electron chi connectivity index (χ3n) is 5.17. The molecule has 5 heteroatoms. The Hall–Kier alpha value is -2.30. The van der Waals surface area contributed by atoms with E-state index in [1.807, 2.05) is 48.0 Å². The van der Waals surface area contributed by atoms with E-state index in [1.54, 1.807) is 13.2 Å². The van der Waals surface area contributed by atoms with E-state index < -0.39 is 0 Å². The molecule has 0 radical (unpaired) electrons. The summed E-state index contributed by atoms with van der Waals surface area (Å²) in [5, 5.41) is 0. The molecule has 1 saturated heterocycles. The fourth-order valence-corrected chi connectivity index (χ4v) is 3.41. The van der Waals surface area contributed by atoms with Crippen LogP contribution < -0.4 is 4.74 Å². The van der Waals surface area contributed by atoms with E-state index in [0.29, 0.717) is 13.1 Å². The molecule has 148 valence electrons. The first-order chi connectivity index (χ1) is 13.0. The normalized spacial score (nSPS) is 15.2. The number of piperidine rings is 1. The molecule has 1 fully saturated rings. The molecular formula is C22H32N2O3. The van der Waals surface area contributed by atoms with Crippen molar-refractivity contribution in [2.75, 3.05) is 33.8 Å². The van der Waals surface area contributed by atoms with Crippen molar-refractivity contribution in [1.29, 1.82) is 0 Å². The molecule has 0 aliphatic carbocycles. The number of methoxy groups -OCH3 is 1. The van der Waals surface area contributed by atoms with Gasteiger partial charge in [0.15, 0.2) is 0 Å². The number of hydrogen-bond acceptors (Lipinski definition) is 3. The van der Waals surface area contributed by atoms with Gasteiger partial charge in [0.1, 0.15) is 5.75 Å². The fraction of sp³-hybridized carbons (Fsp3) is 0.545. The van der Waals surface area contributed by atoms with Gasteiger partial charge in [-0.1, -0.05) is 25.0 Å². The van der Waals surface area contributed by atoms with Crippen LogP contribution in [0.2, 0.25) is 0 Å². The molecule has 1 aromatic rings. The molecule has 0 saturated carbocycles. The van der Waals surface area contributed by atoms with Crippen LogP contribution in [0.15, 0.2) is 24.3 Å². The van der Waals surface area contributed by atoms with Gasteiger partial charge in [-0.2, -0.15) is 0 Å². The van der Waals surface area contributed by atoms with Crippen LogP contribution in [0.5, 0.6) is 5.75 Å². The summed E-state index contributed by atoms with van der Waals surface area (Å²) >= 11 is 0. The summed E-state index contributed by atoms with van der Waals surface area (Å²) < 4.78 is 5.35. The molecule has 0 unspecified atom stereocenters. The highest BCUT2D eigenvalue weighted by molar-refractivity contribution is 5.92. The Morgan fingerprint density at radius 3 is 2.63 bits per heavy atom. The predicted molar refractivity (Wildman–Crippen MR) is 109 cm³/mol. The highest BCUT2D eigenvalue weighted by Crippen LogP contribution is 2.22. The van der Waals surface area contributed by atoms with Gasteiger partial charge in [0.25, 0.3) is 0 Å². The zero-order valence-corrected chi connectivity index (χ0v) is 17.0. The number of nitrogens with zero attached hydrogens (tertiary/aromatic N) is 2. The number of aryl methyl sites for hydroxylation is 1. The Morgan fingerprint density at radius 1 is 1.30 bits per heavy atom. The molecule has 0 N–H and O–H groups in total. The number of carbonyl (C=O) groups excluding carboxylic acids is 2. The molecule has 1 aliphatic rings. The first kappa shape index (κ1) is 21.0. The Kier molecular flexibility index (Phi) is 7.89. The van der Waals surface area contributed by atoms with Crippen molar-refractivity contribution >= 4 is 17.9 Å². The summed E-state index contributed by atoms with van der Waals surface area (Å²) in [5.41, 5.74) is 2.02. The minimum absolute atomic E-state index is 0.0104. The molecule has 27 heavy (non-hydrogen) atoms. The van der Waals surface area contributed by atoms with E-state index in [-0.39, 0.29) is 17.7 Å². The second kappa shape index (κ2) is 10.1. The first-order valence-electron chi connectivity index (χ1n) is 9.82. The molecule has 1 aromatic carbocycles. The molecule has 2 amide bonds. The number of hydrogen-bond donors (Lipinski definition) is 0. The van der Waals surface area contributed by atoms with Crippen molar-refractivity contribution in [3.63, 3.8) is 0 Å². The van der Waals surface area contributed by atoms with Gasteiger partial charge in [-0.15, -0.1) is 0 Å². The lowest BCUT2D eigenvalue weighted by atomic mass is 9.95. The standard InChI is InChI=1S/C22H32N2O3/c1-5-6-13-23(3)22(26)18-11-14-24(15-12-18)21(25)10-8-19-16-17(2)7-9-20(19)27-4/h7-10,16,18H,5-6,11-15H2,1-4H3. The summed E-state index contributed by atoms with van der Waals surface area (Å²) in [5.74, 6) is 1.00. The molecule has 0 aromatic heterocycles. The minimum Gasteiger partial charge on any atom is -0.496 e. The molecule has 0 atom stereocenters. The third-order valence-corrected chi connectivity index (χ3v) is 5.17. The van der Waals surface area contributed by atoms with E-state index >= 15 is 0 Å². The number of benzene rings is 1. The largest absolute Gasteiger partial charge is 0.496 e. The molecule has 1 heterocycles. The monoisotopic (exact) mass is 372 g/mol. The van der Waals surface area contributed by atoms with Crippen molar-refractivity contribution in [1.82, 2.24) is 9.80 Å². The van der Waals surface area contributed by atoms with Gasteiger partial charge in [0.2, 0.25) is 11.8 Å². The zero-order chi connectivity index (χ0) is 19.8. The van der Waals surface area contributed by atoms with Crippen LogP contribution in [0, 0.1) is 12.8 Å². The number of ether oxygens (including phenoxy) is 1. The highest BCUT2D eigenvalue weighted by Gasteiger charge is 2.28. The number of unbranched alkanes of at least 4 members (excludes halogenated alkanes) is 1. The molecule has 0 spiro atoms. The number of likely N-dealkylation sites (tertiary alicyclic amines) is 1. The van der Waals surface area contributed by atoms with E-state index in [4.69, 9.17) is 4.74 Å². The zero-order valence-electron chi connectivity index (χ0n) is 17.0. The molecule has 2 rings (SSSR count). The second-order valence-corrected chi connectivity index (χ2v) is 7.29. The number of amides is 2. The van der Waals surface area contributed by atoms with Crippen molar-refractivity contribution in [2.24, 2.45) is 5.92 Å². The minimum atomic E-state index is -0.0104. The van der Waals surface area contributed by atoms with Gasteiger partial charge in [0.05, 0.1) is 7.11 Å². The Morgan fingerprint density at radius 2 is 2.00 bits per heavy atom. The van der Waals surface area contributed by atoms with Crippen LogP contribution in [0.3, 0.4) is 0 Å². The average molecular weight is 373 g/mol. The maximum Gasteiger partial charge on any atom is 0.246 e. The van der Waals surface area contributed by atoms with Crippen LogP contribution in [0.1, 0.15) is 43.7 Å². The highest BCUT2D eigenvalue weighted by atomic mass is 16.5. The van der Waals surface area contributed by atoms with Crippen molar-refractivity contribution in [3.05, 3.63) is 35.4 Å². The third kappa shape index (κ3) is 5.84. The molecule has 0 bridgehead atoms. The molecule has 5 nitrogen and oxygen atoms in total. The summed E-state index contributed by atoms with van der Waals surface area (Å²) in [4.78, 5) is 28.7. The van der Waals surface area contributed by atoms with E-state index in [2.05, 4.69) is 6.92 Å². The quantitative estimate of drug-likeness (QED) is 0.688. The van der Waals surface area contributed by atoms with E-state index in [0.717, 1.165) is 49.1 Å². The maximum absolute atomic E-state index is 12.5. The van der Waals surface area contributed by atoms with Crippen LogP contribution in [-0.2, 0) is 9.59 Å². The maximum atomic E-state index is 12.5. The molecule has 1 aliphatic heterocycles. The Balaban J connectivity index is 1.90. The van der Waals surface area contributed by atoms with Crippen molar-refractivity contribution in [2.45, 2.75) is 39.5 Å². The number of carbonyl (C=O) groups is 2. The van der Waals surface area contributed by atoms with Gasteiger partial charge < -0.3 is 14.5 Å². The van der Waals surface area contributed by atoms with Crippen LogP contribution in [-0.4, -0.2) is 55.4 Å². The predicted octanol–water partition coefficient (Wildman–Crippen LogP) is 3.51. The lowest BCUT2D eigenvalue weighted by molar-refractivity contribution is -0.138. The number of rotatable bonds is 7. The van der Waals surface area contributed by atoms with Gasteiger partial charge in [0, 0.05) is 44.2 Å².